The lowest BCUT2D eigenvalue weighted by Crippen LogP contribution is -2.09. The SMILES string of the molecule is Cc1ccn(-c2ccc(S(=O)(=O)Cl)cc2OC(C)C)n1. The molecular formula is C13H15ClN2O3S. The van der Waals surface area contributed by atoms with Gasteiger partial charge < -0.3 is 4.74 Å². The number of hydrogen-bond acceptors (Lipinski definition) is 4. The minimum absolute atomic E-state index is 0.00226. The van der Waals surface area contributed by atoms with Gasteiger partial charge in [0.25, 0.3) is 9.05 Å². The molecule has 0 aliphatic rings. The van der Waals surface area contributed by atoms with Crippen LogP contribution in [0, 0.1) is 6.92 Å². The van der Waals surface area contributed by atoms with E-state index < -0.39 is 9.05 Å². The molecule has 0 radical (unpaired) electrons. The Kier molecular flexibility index (Phi) is 4.06. The summed E-state index contributed by atoms with van der Waals surface area (Å²) in [6, 6.07) is 6.32. The van der Waals surface area contributed by atoms with Crippen LogP contribution < -0.4 is 4.74 Å². The largest absolute Gasteiger partial charge is 0.489 e. The summed E-state index contributed by atoms with van der Waals surface area (Å²) in [7, 11) is 1.57. The van der Waals surface area contributed by atoms with Gasteiger partial charge in [-0.05, 0) is 39.0 Å². The molecule has 0 aliphatic carbocycles. The number of halogens is 1. The van der Waals surface area contributed by atoms with E-state index in [1.54, 1.807) is 16.9 Å². The van der Waals surface area contributed by atoms with Crippen LogP contribution in [-0.4, -0.2) is 24.3 Å². The molecule has 1 aromatic heterocycles. The van der Waals surface area contributed by atoms with Gasteiger partial charge in [-0.25, -0.2) is 13.1 Å². The van der Waals surface area contributed by atoms with E-state index in [1.807, 2.05) is 26.8 Å². The maximum atomic E-state index is 11.4. The second-order valence-electron chi connectivity index (χ2n) is 4.64. The predicted octanol–water partition coefficient (Wildman–Crippen LogP) is 2.90. The van der Waals surface area contributed by atoms with Crippen LogP contribution in [0.15, 0.2) is 35.4 Å². The average molecular weight is 315 g/mol. The molecular weight excluding hydrogens is 300 g/mol. The summed E-state index contributed by atoms with van der Waals surface area (Å²) in [5.74, 6) is 0.421. The number of aromatic nitrogens is 2. The molecule has 0 saturated heterocycles. The van der Waals surface area contributed by atoms with Crippen molar-refractivity contribution in [3.8, 4) is 11.4 Å². The van der Waals surface area contributed by atoms with E-state index in [9.17, 15) is 8.42 Å². The van der Waals surface area contributed by atoms with Gasteiger partial charge in [0.05, 0.1) is 16.7 Å². The zero-order valence-electron chi connectivity index (χ0n) is 11.4. The molecule has 2 rings (SSSR count). The van der Waals surface area contributed by atoms with Crippen molar-refractivity contribution < 1.29 is 13.2 Å². The molecule has 0 amide bonds. The first-order chi connectivity index (χ1) is 9.27. The zero-order chi connectivity index (χ0) is 14.9. The normalized spacial score (nSPS) is 11.8. The van der Waals surface area contributed by atoms with Crippen LogP contribution >= 0.6 is 10.7 Å². The van der Waals surface area contributed by atoms with Crippen LogP contribution in [0.5, 0.6) is 5.75 Å². The highest BCUT2D eigenvalue weighted by Gasteiger charge is 2.16. The van der Waals surface area contributed by atoms with Crippen molar-refractivity contribution >= 4 is 19.7 Å². The highest BCUT2D eigenvalue weighted by Crippen LogP contribution is 2.28. The van der Waals surface area contributed by atoms with E-state index in [0.29, 0.717) is 11.4 Å². The first kappa shape index (κ1) is 14.9. The van der Waals surface area contributed by atoms with Crippen LogP contribution in [0.1, 0.15) is 19.5 Å². The molecule has 20 heavy (non-hydrogen) atoms. The molecule has 0 fully saturated rings. The molecule has 0 aliphatic heterocycles. The van der Waals surface area contributed by atoms with Gasteiger partial charge in [-0.15, -0.1) is 0 Å². The third-order valence-corrected chi connectivity index (χ3v) is 3.90. The molecule has 0 N–H and O–H groups in total. The minimum Gasteiger partial charge on any atom is -0.489 e. The topological polar surface area (TPSA) is 61.2 Å². The van der Waals surface area contributed by atoms with Crippen molar-refractivity contribution in [2.75, 3.05) is 0 Å². The maximum Gasteiger partial charge on any atom is 0.261 e. The van der Waals surface area contributed by atoms with E-state index >= 15 is 0 Å². The van der Waals surface area contributed by atoms with Crippen LogP contribution in [-0.2, 0) is 9.05 Å². The van der Waals surface area contributed by atoms with Crippen molar-refractivity contribution in [1.82, 2.24) is 9.78 Å². The van der Waals surface area contributed by atoms with Crippen LogP contribution in [0.4, 0.5) is 0 Å². The molecule has 2 aromatic rings. The third-order valence-electron chi connectivity index (χ3n) is 2.54. The van der Waals surface area contributed by atoms with Crippen LogP contribution in [0.2, 0.25) is 0 Å². The molecule has 0 atom stereocenters. The number of ether oxygens (including phenoxy) is 1. The quantitative estimate of drug-likeness (QED) is 0.814. The molecule has 0 unspecified atom stereocenters. The molecule has 0 spiro atoms. The summed E-state index contributed by atoms with van der Waals surface area (Å²) in [6.07, 6.45) is 1.69. The highest BCUT2D eigenvalue weighted by molar-refractivity contribution is 8.13. The van der Waals surface area contributed by atoms with Crippen molar-refractivity contribution in [2.24, 2.45) is 0 Å². The molecule has 108 valence electrons. The number of rotatable bonds is 4. The van der Waals surface area contributed by atoms with Crippen molar-refractivity contribution in [1.29, 1.82) is 0 Å². The summed E-state index contributed by atoms with van der Waals surface area (Å²) in [5, 5.41) is 4.29. The monoisotopic (exact) mass is 314 g/mol. The zero-order valence-corrected chi connectivity index (χ0v) is 12.9. The molecule has 1 aromatic carbocycles. The Bertz CT molecular complexity index is 723. The standard InChI is InChI=1S/C13H15ClN2O3S/c1-9(2)19-13-8-11(20(14,17)18)4-5-12(13)16-7-6-10(3)15-16/h4-9H,1-3H3. The maximum absolute atomic E-state index is 11.4. The third kappa shape index (κ3) is 3.32. The fourth-order valence-electron chi connectivity index (χ4n) is 1.73. The Hall–Kier alpha value is -1.53. The van der Waals surface area contributed by atoms with Gasteiger partial charge in [0, 0.05) is 22.9 Å². The van der Waals surface area contributed by atoms with Crippen molar-refractivity contribution in [3.05, 3.63) is 36.2 Å². The number of hydrogen-bond donors (Lipinski definition) is 0. The Morgan fingerprint density at radius 1 is 1.30 bits per heavy atom. The second kappa shape index (κ2) is 5.46. The van der Waals surface area contributed by atoms with Gasteiger partial charge in [-0.1, -0.05) is 0 Å². The van der Waals surface area contributed by atoms with E-state index in [4.69, 9.17) is 15.4 Å². The predicted molar refractivity (Wildman–Crippen MR) is 77.1 cm³/mol. The second-order valence-corrected chi connectivity index (χ2v) is 7.20. The van der Waals surface area contributed by atoms with Gasteiger partial charge in [0.1, 0.15) is 11.4 Å². The van der Waals surface area contributed by atoms with Gasteiger partial charge in [-0.2, -0.15) is 5.10 Å². The Labute approximate surface area is 122 Å². The first-order valence-electron chi connectivity index (χ1n) is 6.05. The van der Waals surface area contributed by atoms with E-state index in [2.05, 4.69) is 5.10 Å². The Morgan fingerprint density at radius 2 is 2.00 bits per heavy atom. The highest BCUT2D eigenvalue weighted by atomic mass is 35.7. The van der Waals surface area contributed by atoms with Crippen LogP contribution in [0.25, 0.3) is 5.69 Å². The van der Waals surface area contributed by atoms with Crippen LogP contribution in [0.3, 0.4) is 0 Å². The number of nitrogens with zero attached hydrogens (tertiary/aromatic N) is 2. The first-order valence-corrected chi connectivity index (χ1v) is 8.36. The van der Waals surface area contributed by atoms with Gasteiger partial charge in [-0.3, -0.25) is 0 Å². The molecule has 0 saturated carbocycles. The number of aryl methyl sites for hydroxylation is 1. The number of benzene rings is 1. The van der Waals surface area contributed by atoms with Crippen molar-refractivity contribution in [2.45, 2.75) is 31.8 Å². The van der Waals surface area contributed by atoms with Crippen molar-refractivity contribution in [3.63, 3.8) is 0 Å². The van der Waals surface area contributed by atoms with Gasteiger partial charge >= 0.3 is 0 Å². The average Bonchev–Trinajstić information content (AvgIpc) is 2.73. The van der Waals surface area contributed by atoms with E-state index in [1.165, 1.54) is 12.1 Å². The fraction of sp³-hybridized carbons (Fsp3) is 0.308. The molecule has 1 heterocycles. The summed E-state index contributed by atoms with van der Waals surface area (Å²) in [4.78, 5) is 0.00226. The minimum atomic E-state index is -3.79. The lowest BCUT2D eigenvalue weighted by Gasteiger charge is -2.15. The molecule has 7 heteroatoms. The smallest absolute Gasteiger partial charge is 0.261 e. The van der Waals surface area contributed by atoms with E-state index in [-0.39, 0.29) is 11.0 Å². The van der Waals surface area contributed by atoms with Gasteiger partial charge in [0.15, 0.2) is 0 Å². The molecule has 0 bridgehead atoms. The van der Waals surface area contributed by atoms with Gasteiger partial charge in [0.2, 0.25) is 0 Å². The lowest BCUT2D eigenvalue weighted by molar-refractivity contribution is 0.241. The van der Waals surface area contributed by atoms with E-state index in [0.717, 1.165) is 5.69 Å². The summed E-state index contributed by atoms with van der Waals surface area (Å²) in [5.41, 5.74) is 1.52. The Morgan fingerprint density at radius 3 is 2.50 bits per heavy atom. The lowest BCUT2D eigenvalue weighted by atomic mass is 10.3. The fourth-order valence-corrected chi connectivity index (χ4v) is 2.50. The molecule has 5 nitrogen and oxygen atoms in total. The summed E-state index contributed by atoms with van der Waals surface area (Å²) in [6.45, 7) is 5.59. The Balaban J connectivity index is 2.56. The summed E-state index contributed by atoms with van der Waals surface area (Å²) < 4.78 is 30.1. The summed E-state index contributed by atoms with van der Waals surface area (Å²) >= 11 is 0.